The second kappa shape index (κ2) is 9.64. The van der Waals surface area contributed by atoms with Crippen LogP contribution in [0.2, 0.25) is 0 Å². The number of hydrogen-bond donors (Lipinski definition) is 1. The molecule has 0 saturated carbocycles. The molecule has 8 nitrogen and oxygen atoms in total. The lowest BCUT2D eigenvalue weighted by Crippen LogP contribution is -2.21. The molecule has 3 heterocycles. The molecule has 9 heteroatoms. The summed E-state index contributed by atoms with van der Waals surface area (Å²) in [6.07, 6.45) is 0. The first-order valence-electron chi connectivity index (χ1n) is 11.8. The summed E-state index contributed by atoms with van der Waals surface area (Å²) in [6, 6.07) is 16.9. The lowest BCUT2D eigenvalue weighted by Gasteiger charge is -2.16. The van der Waals surface area contributed by atoms with Crippen molar-refractivity contribution in [3.8, 4) is 27.9 Å². The third kappa shape index (κ3) is 4.30. The maximum absolute atomic E-state index is 12.0. The molecular formula is C28H25N5O3S. The summed E-state index contributed by atoms with van der Waals surface area (Å²) in [6.45, 7) is 7.67. The smallest absolute Gasteiger partial charge is 0.308 e. The molecule has 5 rings (SSSR count). The van der Waals surface area contributed by atoms with Crippen molar-refractivity contribution in [2.24, 2.45) is 10.9 Å². The number of carbonyl (C=O) groups is 1. The van der Waals surface area contributed by atoms with E-state index in [0.29, 0.717) is 17.4 Å². The maximum atomic E-state index is 12.0. The summed E-state index contributed by atoms with van der Waals surface area (Å²) in [5, 5.41) is 28.3. The number of aliphatic carboxylic acids is 1. The highest BCUT2D eigenvalue weighted by Gasteiger charge is 2.36. The number of benzene rings is 2. The number of aliphatic imine (C=N–C) groups is 1. The number of carboxylic acid groups (broad SMARTS) is 1. The molecule has 0 radical (unpaired) electrons. The minimum Gasteiger partial charge on any atom is -0.481 e. The Hall–Kier alpha value is -4.29. The van der Waals surface area contributed by atoms with E-state index in [1.54, 1.807) is 18.3 Å². The first kappa shape index (κ1) is 24.4. The van der Waals surface area contributed by atoms with Crippen molar-refractivity contribution < 1.29 is 14.6 Å². The molecule has 4 aromatic rings. The Balaban J connectivity index is 1.63. The van der Waals surface area contributed by atoms with Gasteiger partial charge in [-0.25, -0.2) is 0 Å². The minimum absolute atomic E-state index is 0.00756. The zero-order valence-corrected chi connectivity index (χ0v) is 21.7. The van der Waals surface area contributed by atoms with Gasteiger partial charge in [0.15, 0.2) is 12.4 Å². The van der Waals surface area contributed by atoms with Crippen molar-refractivity contribution in [2.45, 2.75) is 33.7 Å². The van der Waals surface area contributed by atoms with Crippen LogP contribution in [0.1, 0.15) is 46.2 Å². The monoisotopic (exact) mass is 511 g/mol. The van der Waals surface area contributed by atoms with Gasteiger partial charge in [0.05, 0.1) is 11.6 Å². The number of carboxylic acids is 1. The van der Waals surface area contributed by atoms with E-state index in [1.165, 1.54) is 0 Å². The zero-order chi connectivity index (χ0) is 26.3. The molecule has 1 N–H and O–H groups in total. The molecule has 186 valence electrons. The fraction of sp³-hybridized carbons (Fsp3) is 0.250. The Kier molecular flexibility index (Phi) is 6.36. The van der Waals surface area contributed by atoms with Gasteiger partial charge in [-0.3, -0.25) is 14.4 Å². The number of fused-ring (bicyclic) bond motifs is 3. The first-order chi connectivity index (χ1) is 17.8. The van der Waals surface area contributed by atoms with E-state index in [-0.39, 0.29) is 6.61 Å². The second-order valence-electron chi connectivity index (χ2n) is 9.01. The molecule has 1 aliphatic heterocycles. The van der Waals surface area contributed by atoms with Gasteiger partial charge >= 0.3 is 5.97 Å². The quantitative estimate of drug-likeness (QED) is 0.369. The fourth-order valence-corrected chi connectivity index (χ4v) is 5.73. The van der Waals surface area contributed by atoms with Gasteiger partial charge < -0.3 is 9.84 Å². The summed E-state index contributed by atoms with van der Waals surface area (Å²) < 4.78 is 7.41. The van der Waals surface area contributed by atoms with Gasteiger partial charge in [-0.1, -0.05) is 36.4 Å². The molecule has 1 aliphatic rings. The molecule has 0 bridgehead atoms. The van der Waals surface area contributed by atoms with Crippen molar-refractivity contribution in [3.05, 3.63) is 81.7 Å². The predicted octanol–water partition coefficient (Wildman–Crippen LogP) is 5.44. The van der Waals surface area contributed by atoms with Crippen LogP contribution in [0.25, 0.3) is 16.1 Å². The third-order valence-electron chi connectivity index (χ3n) is 6.68. The van der Waals surface area contributed by atoms with Gasteiger partial charge in [0.1, 0.15) is 28.7 Å². The molecule has 37 heavy (non-hydrogen) atoms. The summed E-state index contributed by atoms with van der Waals surface area (Å²) >= 11 is 1.64. The number of ether oxygens (including phenoxy) is 1. The molecule has 0 aliphatic carbocycles. The summed E-state index contributed by atoms with van der Waals surface area (Å²) in [4.78, 5) is 18.3. The molecule has 0 saturated heterocycles. The van der Waals surface area contributed by atoms with Gasteiger partial charge in [0.25, 0.3) is 0 Å². The Morgan fingerprint density at radius 2 is 1.86 bits per heavy atom. The number of aromatic nitrogens is 3. The number of hydrogen-bond acceptors (Lipinski definition) is 7. The number of nitrogens with zero attached hydrogens (tertiary/aromatic N) is 5. The molecular weight excluding hydrogens is 486 g/mol. The Bertz CT molecular complexity index is 1580. The highest BCUT2D eigenvalue weighted by Crippen LogP contribution is 2.40. The summed E-state index contributed by atoms with van der Waals surface area (Å²) in [5.74, 6) is 0.144. The van der Waals surface area contributed by atoms with E-state index < -0.39 is 17.9 Å². The van der Waals surface area contributed by atoms with Crippen LogP contribution < -0.4 is 4.74 Å². The van der Waals surface area contributed by atoms with Crippen LogP contribution in [-0.4, -0.2) is 38.2 Å². The molecule has 2 atom stereocenters. The Labute approximate surface area is 218 Å². The van der Waals surface area contributed by atoms with E-state index >= 15 is 0 Å². The van der Waals surface area contributed by atoms with Gasteiger partial charge in [-0.15, -0.1) is 21.5 Å². The fourth-order valence-electron chi connectivity index (χ4n) is 4.52. The zero-order valence-electron chi connectivity index (χ0n) is 20.9. The SMILES string of the molecule is Cc1sc2c(c1C)C(c1ccc(-c3cccc(OCC#N)c3)cc1)=N[C@@H](C(C)C(=O)O)c1nnc(C)n1-2. The minimum atomic E-state index is -0.938. The van der Waals surface area contributed by atoms with Crippen molar-refractivity contribution in [1.82, 2.24) is 14.8 Å². The third-order valence-corrected chi connectivity index (χ3v) is 7.87. The van der Waals surface area contributed by atoms with Crippen LogP contribution in [0.4, 0.5) is 0 Å². The van der Waals surface area contributed by atoms with Gasteiger partial charge in [0, 0.05) is 16.0 Å². The van der Waals surface area contributed by atoms with Crippen LogP contribution in [0.15, 0.2) is 53.5 Å². The standard InChI is InChI=1S/C28H25N5O3S/c1-15-17(3)37-27-23(15)25(30-24(16(2)28(34)35)26-32-31-18(4)33(26)27)20-10-8-19(9-11-20)21-6-5-7-22(14-21)36-13-12-29/h5-11,14,16,24H,13H2,1-4H3,(H,34,35)/t16?,24-/m0/s1. The molecule has 0 fully saturated rings. The summed E-state index contributed by atoms with van der Waals surface area (Å²) in [5.41, 5.74) is 5.67. The molecule has 2 aromatic carbocycles. The maximum Gasteiger partial charge on any atom is 0.308 e. The number of nitriles is 1. The highest BCUT2D eigenvalue weighted by atomic mass is 32.1. The van der Waals surface area contributed by atoms with Crippen molar-refractivity contribution in [1.29, 1.82) is 5.26 Å². The number of aryl methyl sites for hydroxylation is 2. The average Bonchev–Trinajstić information content (AvgIpc) is 3.37. The first-order valence-corrected chi connectivity index (χ1v) is 12.7. The van der Waals surface area contributed by atoms with E-state index in [0.717, 1.165) is 43.4 Å². The van der Waals surface area contributed by atoms with E-state index in [2.05, 4.69) is 24.0 Å². The van der Waals surface area contributed by atoms with Crippen molar-refractivity contribution in [2.75, 3.05) is 6.61 Å². The molecule has 1 unspecified atom stereocenters. The largest absolute Gasteiger partial charge is 0.481 e. The van der Waals surface area contributed by atoms with Crippen molar-refractivity contribution in [3.63, 3.8) is 0 Å². The van der Waals surface area contributed by atoms with Crippen LogP contribution in [0.3, 0.4) is 0 Å². The van der Waals surface area contributed by atoms with E-state index in [9.17, 15) is 9.90 Å². The van der Waals surface area contributed by atoms with E-state index in [4.69, 9.17) is 15.0 Å². The summed E-state index contributed by atoms with van der Waals surface area (Å²) in [7, 11) is 0. The highest BCUT2D eigenvalue weighted by molar-refractivity contribution is 7.15. The van der Waals surface area contributed by atoms with E-state index in [1.807, 2.05) is 66.1 Å². The predicted molar refractivity (Wildman–Crippen MR) is 142 cm³/mol. The molecule has 0 spiro atoms. The van der Waals surface area contributed by atoms with Crippen LogP contribution in [0.5, 0.6) is 5.75 Å². The van der Waals surface area contributed by atoms with Crippen LogP contribution in [0, 0.1) is 38.0 Å². The molecule has 0 amide bonds. The number of rotatable bonds is 6. The van der Waals surface area contributed by atoms with Crippen molar-refractivity contribution >= 4 is 23.0 Å². The number of thiophene rings is 1. The Morgan fingerprint density at radius 1 is 1.14 bits per heavy atom. The molecule has 2 aromatic heterocycles. The topological polar surface area (TPSA) is 113 Å². The van der Waals surface area contributed by atoms with Crippen LogP contribution in [-0.2, 0) is 4.79 Å². The average molecular weight is 512 g/mol. The second-order valence-corrected chi connectivity index (χ2v) is 10.2. The van der Waals surface area contributed by atoms with Gasteiger partial charge in [0.2, 0.25) is 0 Å². The lowest BCUT2D eigenvalue weighted by molar-refractivity contribution is -0.141. The normalized spacial score (nSPS) is 15.1. The van der Waals surface area contributed by atoms with Gasteiger partial charge in [-0.2, -0.15) is 5.26 Å². The Morgan fingerprint density at radius 3 is 2.57 bits per heavy atom. The van der Waals surface area contributed by atoms with Gasteiger partial charge in [-0.05, 0) is 56.5 Å². The lowest BCUT2D eigenvalue weighted by atomic mass is 9.96. The van der Waals surface area contributed by atoms with Crippen LogP contribution >= 0.6 is 11.3 Å².